The molecule has 0 fully saturated rings. The summed E-state index contributed by atoms with van der Waals surface area (Å²) < 4.78 is 40.0. The van der Waals surface area contributed by atoms with Gasteiger partial charge in [-0.25, -0.2) is 9.13 Å². The van der Waals surface area contributed by atoms with Crippen LogP contribution in [0, 0.1) is 0 Å². The number of hydrogen-bond acceptors (Lipinski definition) is 5. The van der Waals surface area contributed by atoms with Gasteiger partial charge < -0.3 is 13.9 Å². The molecule has 0 radical (unpaired) electrons. The number of rotatable bonds is 8. The summed E-state index contributed by atoms with van der Waals surface area (Å²) in [4.78, 5) is 11.7. The molecule has 0 spiro atoms. The van der Waals surface area contributed by atoms with Gasteiger partial charge in [0.25, 0.3) is 0 Å². The van der Waals surface area contributed by atoms with E-state index in [4.69, 9.17) is 9.05 Å². The van der Waals surface area contributed by atoms with E-state index in [1.165, 1.54) is 6.92 Å². The van der Waals surface area contributed by atoms with Crippen LogP contribution in [0.25, 0.3) is 0 Å². The van der Waals surface area contributed by atoms with Crippen molar-refractivity contribution in [3.8, 4) is 11.5 Å². The first-order valence-electron chi connectivity index (χ1n) is 6.79. The van der Waals surface area contributed by atoms with Crippen molar-refractivity contribution < 1.29 is 27.6 Å². The lowest BCUT2D eigenvalue weighted by molar-refractivity contribution is 0.265. The minimum absolute atomic E-state index is 0.0442. The predicted molar refractivity (Wildman–Crippen MR) is 86.3 cm³/mol. The zero-order valence-corrected chi connectivity index (χ0v) is 14.2. The molecule has 124 valence electrons. The Morgan fingerprint density at radius 1 is 0.913 bits per heavy atom. The summed E-state index contributed by atoms with van der Waals surface area (Å²) in [5, 5.41) is 0. The van der Waals surface area contributed by atoms with E-state index in [1.54, 1.807) is 60.7 Å². The average molecular weight is 357 g/mol. The Hall–Kier alpha value is -1.62. The summed E-state index contributed by atoms with van der Waals surface area (Å²) in [6.07, 6.45) is 0. The maximum absolute atomic E-state index is 12.9. The van der Waals surface area contributed by atoms with Crippen molar-refractivity contribution in [3.05, 3.63) is 60.7 Å². The van der Waals surface area contributed by atoms with Crippen LogP contribution >= 0.6 is 15.5 Å². The molecule has 0 aliphatic carbocycles. The zero-order valence-electron chi connectivity index (χ0n) is 12.4. The van der Waals surface area contributed by atoms with Gasteiger partial charge in [-0.1, -0.05) is 36.4 Å². The maximum atomic E-state index is 12.9. The van der Waals surface area contributed by atoms with Crippen LogP contribution in [0.5, 0.6) is 11.5 Å². The molecule has 0 heterocycles. The maximum Gasteiger partial charge on any atom is 0.522 e. The minimum Gasteiger partial charge on any atom is -0.404 e. The van der Waals surface area contributed by atoms with Gasteiger partial charge in [-0.05, 0) is 31.2 Å². The second kappa shape index (κ2) is 7.77. The van der Waals surface area contributed by atoms with Crippen LogP contribution in [0.15, 0.2) is 60.7 Å². The first-order valence-corrected chi connectivity index (χ1v) is 9.91. The molecule has 0 aliphatic rings. The van der Waals surface area contributed by atoms with Gasteiger partial charge in [-0.2, -0.15) is 0 Å². The third-order valence-electron chi connectivity index (χ3n) is 2.49. The standard InChI is InChI=1S/C14H17NO6P2/c1-2-19-22(16,17)15-23(18,20-13-9-5-3-6-10-13)21-14-11-7-4-8-12-14/h3-12H,2H2,1H3,(H2,15,16,17,18). The van der Waals surface area contributed by atoms with E-state index in [0.29, 0.717) is 0 Å². The van der Waals surface area contributed by atoms with Crippen molar-refractivity contribution in [1.82, 2.24) is 4.86 Å². The lowest BCUT2D eigenvalue weighted by Gasteiger charge is -2.22. The van der Waals surface area contributed by atoms with E-state index in [9.17, 15) is 14.0 Å². The van der Waals surface area contributed by atoms with Crippen molar-refractivity contribution >= 4 is 15.5 Å². The van der Waals surface area contributed by atoms with E-state index in [-0.39, 0.29) is 18.1 Å². The Morgan fingerprint density at radius 2 is 1.35 bits per heavy atom. The molecular weight excluding hydrogens is 340 g/mol. The number of hydrogen-bond donors (Lipinski definition) is 2. The van der Waals surface area contributed by atoms with E-state index >= 15 is 0 Å². The van der Waals surface area contributed by atoms with Crippen LogP contribution in [-0.2, 0) is 13.7 Å². The summed E-state index contributed by atoms with van der Waals surface area (Å²) in [5.74, 6) is 0.437. The molecule has 2 aromatic carbocycles. The fraction of sp³-hybridized carbons (Fsp3) is 0.143. The Kier molecular flexibility index (Phi) is 5.99. The van der Waals surface area contributed by atoms with Crippen molar-refractivity contribution in [1.29, 1.82) is 0 Å². The summed E-state index contributed by atoms with van der Waals surface area (Å²) in [5.41, 5.74) is 0. The Labute approximate surface area is 134 Å². The average Bonchev–Trinajstić information content (AvgIpc) is 2.48. The molecule has 23 heavy (non-hydrogen) atoms. The third kappa shape index (κ3) is 5.82. The fourth-order valence-corrected chi connectivity index (χ4v) is 4.64. The molecule has 0 amide bonds. The van der Waals surface area contributed by atoms with Gasteiger partial charge in [0.05, 0.1) is 6.61 Å². The molecule has 0 saturated heterocycles. The lowest BCUT2D eigenvalue weighted by Crippen LogP contribution is -2.17. The summed E-state index contributed by atoms with van der Waals surface area (Å²) in [6, 6.07) is 16.4. The lowest BCUT2D eigenvalue weighted by atomic mass is 10.3. The van der Waals surface area contributed by atoms with Gasteiger partial charge in [0, 0.05) is 0 Å². The molecule has 0 saturated carbocycles. The molecule has 7 nitrogen and oxygen atoms in total. The first-order chi connectivity index (χ1) is 10.9. The third-order valence-corrected chi connectivity index (χ3v) is 5.99. The zero-order chi connectivity index (χ0) is 16.8. The van der Waals surface area contributed by atoms with Crippen molar-refractivity contribution in [2.75, 3.05) is 6.61 Å². The first kappa shape index (κ1) is 17.7. The van der Waals surface area contributed by atoms with E-state index in [1.807, 2.05) is 4.86 Å². The van der Waals surface area contributed by atoms with E-state index in [2.05, 4.69) is 4.52 Å². The highest BCUT2D eigenvalue weighted by Crippen LogP contribution is 2.54. The highest BCUT2D eigenvalue weighted by molar-refractivity contribution is 7.67. The van der Waals surface area contributed by atoms with Gasteiger partial charge in [0.2, 0.25) is 0 Å². The summed E-state index contributed by atoms with van der Waals surface area (Å²) in [6.45, 7) is 1.49. The van der Waals surface area contributed by atoms with Gasteiger partial charge in [0.15, 0.2) is 0 Å². The smallest absolute Gasteiger partial charge is 0.404 e. The highest BCUT2D eigenvalue weighted by Gasteiger charge is 2.38. The molecular formula is C14H17NO6P2. The highest BCUT2D eigenvalue weighted by atomic mass is 31.3. The minimum atomic E-state index is -4.35. The molecule has 1 unspecified atom stereocenters. The number of para-hydroxylation sites is 2. The van der Waals surface area contributed by atoms with Crippen LogP contribution < -0.4 is 13.9 Å². The molecule has 2 aromatic rings. The van der Waals surface area contributed by atoms with Crippen LogP contribution in [0.4, 0.5) is 0 Å². The largest absolute Gasteiger partial charge is 0.522 e. The monoisotopic (exact) mass is 357 g/mol. The second-order valence-electron chi connectivity index (χ2n) is 4.34. The SMILES string of the molecule is CCOP(=O)(O)NP(=O)(Oc1ccccc1)Oc1ccccc1. The van der Waals surface area contributed by atoms with E-state index < -0.39 is 15.5 Å². The van der Waals surface area contributed by atoms with Crippen molar-refractivity contribution in [2.45, 2.75) is 6.92 Å². The van der Waals surface area contributed by atoms with Gasteiger partial charge in [-0.15, -0.1) is 4.86 Å². The van der Waals surface area contributed by atoms with E-state index in [0.717, 1.165) is 0 Å². The predicted octanol–water partition coefficient (Wildman–Crippen LogP) is 3.98. The van der Waals surface area contributed by atoms with Crippen molar-refractivity contribution in [3.63, 3.8) is 0 Å². The molecule has 2 N–H and O–H groups in total. The van der Waals surface area contributed by atoms with Gasteiger partial charge in [-0.3, -0.25) is 4.52 Å². The van der Waals surface area contributed by atoms with Crippen LogP contribution in [0.2, 0.25) is 0 Å². The fourth-order valence-electron chi connectivity index (χ4n) is 1.66. The van der Waals surface area contributed by atoms with Gasteiger partial charge in [0.1, 0.15) is 11.5 Å². The van der Waals surface area contributed by atoms with Crippen molar-refractivity contribution in [2.24, 2.45) is 0 Å². The topological polar surface area (TPSA) is 94.1 Å². The molecule has 0 bridgehead atoms. The van der Waals surface area contributed by atoms with Crippen LogP contribution in [0.3, 0.4) is 0 Å². The molecule has 9 heteroatoms. The van der Waals surface area contributed by atoms with Crippen LogP contribution in [-0.4, -0.2) is 11.5 Å². The number of nitrogens with one attached hydrogen (secondary N) is 1. The Bertz CT molecular complexity index is 664. The molecule has 0 aliphatic heterocycles. The quantitative estimate of drug-likeness (QED) is 0.690. The Morgan fingerprint density at radius 3 is 1.74 bits per heavy atom. The second-order valence-corrected chi connectivity index (χ2v) is 7.80. The van der Waals surface area contributed by atoms with Crippen LogP contribution in [0.1, 0.15) is 6.92 Å². The Balaban J connectivity index is 2.26. The number of benzene rings is 2. The molecule has 2 rings (SSSR count). The van der Waals surface area contributed by atoms with Gasteiger partial charge >= 0.3 is 15.5 Å². The summed E-state index contributed by atoms with van der Waals surface area (Å²) >= 11 is 0. The molecule has 1 atom stereocenters. The molecule has 0 aromatic heterocycles. The normalized spacial score (nSPS) is 14.0. The summed E-state index contributed by atoms with van der Waals surface area (Å²) in [7, 11) is -8.55.